The predicted molar refractivity (Wildman–Crippen MR) is 137 cm³/mol. The fourth-order valence-electron chi connectivity index (χ4n) is 4.24. The first-order valence-corrected chi connectivity index (χ1v) is 12.1. The zero-order chi connectivity index (χ0) is 27.5. The van der Waals surface area contributed by atoms with Gasteiger partial charge in [0.1, 0.15) is 11.4 Å². The minimum atomic E-state index is -1.06. The van der Waals surface area contributed by atoms with Crippen molar-refractivity contribution in [2.24, 2.45) is 0 Å². The van der Waals surface area contributed by atoms with Crippen LogP contribution in [0.1, 0.15) is 72.9 Å². The van der Waals surface area contributed by atoms with Crippen LogP contribution in [0.4, 0.5) is 10.1 Å². The number of benzene rings is 1. The summed E-state index contributed by atoms with van der Waals surface area (Å²) in [6, 6.07) is 4.06. The van der Waals surface area contributed by atoms with Crippen LogP contribution >= 0.6 is 0 Å². The molecule has 0 saturated heterocycles. The standard InChI is InChI=1S/C27H34FN3O6/c1-14-22(13-20-19-10-16(28)6-7-21(19)31-25(20)35)30-15(2)24(14)26(36)29-9-8-17(32)11-18(33)12-23(34)37-27(3,4)5/h6-7,10,13,17-18,30,32-33H,8-9,11-12H2,1-5H3,(H,29,36)(H,31,35)/b20-13-/t17-,18-/m1/s1. The molecule has 37 heavy (non-hydrogen) atoms. The summed E-state index contributed by atoms with van der Waals surface area (Å²) in [6.07, 6.45) is -0.464. The van der Waals surface area contributed by atoms with Crippen LogP contribution < -0.4 is 10.6 Å². The normalized spacial score (nSPS) is 15.8. The van der Waals surface area contributed by atoms with Gasteiger partial charge in [-0.3, -0.25) is 14.4 Å². The second-order valence-electron chi connectivity index (χ2n) is 10.2. The van der Waals surface area contributed by atoms with Crippen molar-refractivity contribution in [3.05, 3.63) is 52.1 Å². The number of aliphatic hydroxyl groups is 2. The second kappa shape index (κ2) is 11.3. The van der Waals surface area contributed by atoms with Crippen LogP contribution in [-0.2, 0) is 14.3 Å². The minimum absolute atomic E-state index is 0.0286. The summed E-state index contributed by atoms with van der Waals surface area (Å²) in [6.45, 7) is 8.81. The van der Waals surface area contributed by atoms with E-state index in [9.17, 15) is 29.0 Å². The number of aryl methyl sites for hydroxylation is 1. The Balaban J connectivity index is 1.58. The smallest absolute Gasteiger partial charge is 0.308 e. The summed E-state index contributed by atoms with van der Waals surface area (Å²) in [5, 5.41) is 25.7. The Hall–Kier alpha value is -3.50. The van der Waals surface area contributed by atoms with Crippen LogP contribution in [0.25, 0.3) is 11.6 Å². The number of H-pyrrole nitrogens is 1. The van der Waals surface area contributed by atoms with Gasteiger partial charge >= 0.3 is 5.97 Å². The third-order valence-corrected chi connectivity index (χ3v) is 5.89. The highest BCUT2D eigenvalue weighted by molar-refractivity contribution is 6.34. The number of aromatic nitrogens is 1. The molecule has 0 radical (unpaired) electrons. The van der Waals surface area contributed by atoms with Crippen molar-refractivity contribution in [2.75, 3.05) is 11.9 Å². The molecule has 10 heteroatoms. The van der Waals surface area contributed by atoms with Crippen LogP contribution in [0.2, 0.25) is 0 Å². The van der Waals surface area contributed by atoms with E-state index in [2.05, 4.69) is 15.6 Å². The van der Waals surface area contributed by atoms with Gasteiger partial charge in [-0.1, -0.05) is 0 Å². The number of hydrogen-bond donors (Lipinski definition) is 5. The number of ether oxygens (including phenoxy) is 1. The number of esters is 1. The van der Waals surface area contributed by atoms with Gasteiger partial charge in [-0.2, -0.15) is 0 Å². The van der Waals surface area contributed by atoms with Crippen molar-refractivity contribution in [1.82, 2.24) is 10.3 Å². The molecule has 9 nitrogen and oxygen atoms in total. The SMILES string of the molecule is Cc1[nH]c(/C=C2\C(=O)Nc3ccc(F)cc32)c(C)c1C(=O)NCC[C@@H](O)C[C@@H](O)CC(=O)OC(C)(C)C. The molecule has 0 spiro atoms. The molecule has 200 valence electrons. The third-order valence-electron chi connectivity index (χ3n) is 5.89. The van der Waals surface area contributed by atoms with Crippen molar-refractivity contribution < 1.29 is 33.7 Å². The van der Waals surface area contributed by atoms with Gasteiger partial charge in [-0.15, -0.1) is 0 Å². The summed E-state index contributed by atoms with van der Waals surface area (Å²) in [5.41, 5.74) is 2.77. The van der Waals surface area contributed by atoms with E-state index >= 15 is 0 Å². The van der Waals surface area contributed by atoms with Crippen molar-refractivity contribution >= 4 is 35.1 Å². The molecular formula is C27H34FN3O6. The Bertz CT molecular complexity index is 1230. The molecule has 1 aromatic heterocycles. The molecule has 2 amide bonds. The van der Waals surface area contributed by atoms with E-state index in [-0.39, 0.29) is 37.6 Å². The number of rotatable bonds is 9. The summed E-state index contributed by atoms with van der Waals surface area (Å²) < 4.78 is 18.9. The van der Waals surface area contributed by atoms with E-state index in [1.807, 2.05) is 0 Å². The fraction of sp³-hybridized carbons (Fsp3) is 0.444. The molecule has 0 aliphatic carbocycles. The number of amides is 2. The van der Waals surface area contributed by atoms with E-state index in [0.29, 0.717) is 39.3 Å². The maximum absolute atomic E-state index is 13.7. The minimum Gasteiger partial charge on any atom is -0.460 e. The van der Waals surface area contributed by atoms with Gasteiger partial charge in [0.05, 0.1) is 29.8 Å². The Morgan fingerprint density at radius 2 is 1.89 bits per heavy atom. The Morgan fingerprint density at radius 3 is 2.57 bits per heavy atom. The Morgan fingerprint density at radius 1 is 1.19 bits per heavy atom. The number of aliphatic hydroxyl groups excluding tert-OH is 2. The predicted octanol–water partition coefficient (Wildman–Crippen LogP) is 3.23. The number of aromatic amines is 1. The maximum Gasteiger partial charge on any atom is 0.308 e. The van der Waals surface area contributed by atoms with Crippen LogP contribution in [0, 0.1) is 19.7 Å². The monoisotopic (exact) mass is 515 g/mol. The number of halogens is 1. The Kier molecular flexibility index (Phi) is 8.55. The lowest BCUT2D eigenvalue weighted by Gasteiger charge is -2.21. The van der Waals surface area contributed by atoms with Crippen molar-refractivity contribution in [3.8, 4) is 0 Å². The number of nitrogens with one attached hydrogen (secondary N) is 3. The molecular weight excluding hydrogens is 481 g/mol. The maximum atomic E-state index is 13.7. The van der Waals surface area contributed by atoms with Crippen LogP contribution in [0.15, 0.2) is 18.2 Å². The highest BCUT2D eigenvalue weighted by Gasteiger charge is 2.26. The van der Waals surface area contributed by atoms with E-state index < -0.39 is 29.6 Å². The van der Waals surface area contributed by atoms with E-state index in [1.54, 1.807) is 40.7 Å². The lowest BCUT2D eigenvalue weighted by molar-refractivity contribution is -0.157. The molecule has 0 saturated carbocycles. The van der Waals surface area contributed by atoms with Gasteiger partial charge in [0.15, 0.2) is 0 Å². The quantitative estimate of drug-likeness (QED) is 0.257. The number of carbonyl (C=O) groups is 3. The average Bonchev–Trinajstić information content (AvgIpc) is 3.21. The summed E-state index contributed by atoms with van der Waals surface area (Å²) in [4.78, 5) is 40.2. The van der Waals surface area contributed by atoms with E-state index in [0.717, 1.165) is 0 Å². The van der Waals surface area contributed by atoms with Gasteiger partial charge in [-0.05, 0) is 77.3 Å². The summed E-state index contributed by atoms with van der Waals surface area (Å²) in [7, 11) is 0. The fourth-order valence-corrected chi connectivity index (χ4v) is 4.24. The van der Waals surface area contributed by atoms with E-state index in [1.165, 1.54) is 18.2 Å². The third kappa shape index (κ3) is 7.27. The number of fused-ring (bicyclic) bond motifs is 1. The van der Waals surface area contributed by atoms with Crippen molar-refractivity contribution in [2.45, 2.75) is 71.7 Å². The molecule has 0 unspecified atom stereocenters. The molecule has 1 aliphatic heterocycles. The van der Waals surface area contributed by atoms with Crippen molar-refractivity contribution in [3.63, 3.8) is 0 Å². The molecule has 2 aromatic rings. The molecule has 5 N–H and O–H groups in total. The Labute approximate surface area is 215 Å². The summed E-state index contributed by atoms with van der Waals surface area (Å²) >= 11 is 0. The van der Waals surface area contributed by atoms with Crippen LogP contribution in [0.5, 0.6) is 0 Å². The first-order valence-electron chi connectivity index (χ1n) is 12.1. The second-order valence-corrected chi connectivity index (χ2v) is 10.2. The molecule has 0 fully saturated rings. The zero-order valence-electron chi connectivity index (χ0n) is 21.7. The van der Waals surface area contributed by atoms with Crippen molar-refractivity contribution in [1.29, 1.82) is 0 Å². The largest absolute Gasteiger partial charge is 0.460 e. The van der Waals surface area contributed by atoms with Crippen LogP contribution in [0.3, 0.4) is 0 Å². The first-order chi connectivity index (χ1) is 17.2. The average molecular weight is 516 g/mol. The van der Waals surface area contributed by atoms with Gasteiger partial charge < -0.3 is 30.6 Å². The molecule has 1 aliphatic rings. The zero-order valence-corrected chi connectivity index (χ0v) is 21.7. The molecule has 2 atom stereocenters. The summed E-state index contributed by atoms with van der Waals surface area (Å²) in [5.74, 6) is -1.73. The molecule has 2 heterocycles. The molecule has 0 bridgehead atoms. The first kappa shape index (κ1) is 28.1. The highest BCUT2D eigenvalue weighted by Crippen LogP contribution is 2.34. The van der Waals surface area contributed by atoms with Crippen LogP contribution in [-0.4, -0.2) is 57.3 Å². The number of anilines is 1. The van der Waals surface area contributed by atoms with Gasteiger partial charge in [0, 0.05) is 29.2 Å². The number of carbonyl (C=O) groups excluding carboxylic acids is 3. The lowest BCUT2D eigenvalue weighted by atomic mass is 10.0. The molecule has 1 aromatic carbocycles. The van der Waals surface area contributed by atoms with E-state index in [4.69, 9.17) is 4.74 Å². The van der Waals surface area contributed by atoms with Gasteiger partial charge in [0.2, 0.25) is 0 Å². The highest BCUT2D eigenvalue weighted by atomic mass is 19.1. The number of hydrogen-bond acceptors (Lipinski definition) is 6. The topological polar surface area (TPSA) is 141 Å². The lowest BCUT2D eigenvalue weighted by Crippen LogP contribution is -2.30. The van der Waals surface area contributed by atoms with Gasteiger partial charge in [-0.25, -0.2) is 4.39 Å². The molecule has 3 rings (SSSR count). The van der Waals surface area contributed by atoms with Gasteiger partial charge in [0.25, 0.3) is 11.8 Å².